The molecule has 2 N–H and O–H groups in total. The first-order valence-electron chi connectivity index (χ1n) is 7.77. The van der Waals surface area contributed by atoms with E-state index in [1.807, 2.05) is 0 Å². The lowest BCUT2D eigenvalue weighted by atomic mass is 10.00. The fourth-order valence-electron chi connectivity index (χ4n) is 3.15. The molecule has 0 radical (unpaired) electrons. The number of hydrogen-bond acceptors (Lipinski definition) is 2. The van der Waals surface area contributed by atoms with Gasteiger partial charge < -0.3 is 10.3 Å². The quantitative estimate of drug-likeness (QED) is 0.654. The maximum Gasteiger partial charge on any atom is 0.0606 e. The van der Waals surface area contributed by atoms with Crippen molar-refractivity contribution in [1.29, 1.82) is 0 Å². The molecule has 1 fully saturated rings. The molecule has 1 rings (SSSR count). The van der Waals surface area contributed by atoms with Gasteiger partial charge in [0.1, 0.15) is 0 Å². The van der Waals surface area contributed by atoms with Crippen LogP contribution in [0.3, 0.4) is 0 Å². The zero-order valence-electron chi connectivity index (χ0n) is 13.2. The average molecular weight is 285 g/mol. The highest BCUT2D eigenvalue weighted by Gasteiger charge is 2.31. The minimum atomic E-state index is -0.600. The van der Waals surface area contributed by atoms with Gasteiger partial charge in [-0.15, -0.1) is 0 Å². The minimum Gasteiger partial charge on any atom is -0.354 e. The zero-order chi connectivity index (χ0) is 14.4. The summed E-state index contributed by atoms with van der Waals surface area (Å²) >= 11 is 0. The monoisotopic (exact) mass is 285 g/mol. The standard InChI is InChI=1S/C16H32NOP/c1-12(2)16(13(3)4)19(14(5)10-17)18-11-15-8-6-7-9-15/h12-13,15-16H,5-11,17H2,1-4H3. The molecule has 0 bridgehead atoms. The van der Waals surface area contributed by atoms with Crippen molar-refractivity contribution in [3.05, 3.63) is 11.9 Å². The van der Waals surface area contributed by atoms with E-state index in [-0.39, 0.29) is 0 Å². The molecule has 0 aromatic heterocycles. The third kappa shape index (κ3) is 5.17. The smallest absolute Gasteiger partial charge is 0.0606 e. The van der Waals surface area contributed by atoms with E-state index in [2.05, 4.69) is 34.3 Å². The van der Waals surface area contributed by atoms with Crippen molar-refractivity contribution in [2.75, 3.05) is 13.2 Å². The van der Waals surface area contributed by atoms with Crippen LogP contribution in [0.1, 0.15) is 53.4 Å². The Bertz CT molecular complexity index is 264. The second-order valence-electron chi connectivity index (χ2n) is 6.52. The fraction of sp³-hybridized carbons (Fsp3) is 0.875. The third-order valence-corrected chi connectivity index (χ3v) is 7.08. The Morgan fingerprint density at radius 3 is 2.16 bits per heavy atom. The van der Waals surface area contributed by atoms with Gasteiger partial charge >= 0.3 is 0 Å². The van der Waals surface area contributed by atoms with Gasteiger partial charge in [0.15, 0.2) is 0 Å². The molecule has 0 heterocycles. The highest BCUT2D eigenvalue weighted by molar-refractivity contribution is 7.58. The van der Waals surface area contributed by atoms with Crippen LogP contribution < -0.4 is 5.73 Å². The van der Waals surface area contributed by atoms with E-state index in [9.17, 15) is 0 Å². The van der Waals surface area contributed by atoms with Gasteiger partial charge in [0.25, 0.3) is 0 Å². The molecule has 0 spiro atoms. The molecular formula is C16H32NOP. The highest BCUT2D eigenvalue weighted by atomic mass is 31.1. The minimum absolute atomic E-state index is 0.562. The van der Waals surface area contributed by atoms with Gasteiger partial charge in [0.05, 0.1) is 14.8 Å². The number of nitrogens with two attached hydrogens (primary N) is 1. The van der Waals surface area contributed by atoms with E-state index in [0.29, 0.717) is 24.0 Å². The van der Waals surface area contributed by atoms with Crippen molar-refractivity contribution in [3.8, 4) is 0 Å². The van der Waals surface area contributed by atoms with Crippen LogP contribution in [0.2, 0.25) is 0 Å². The van der Waals surface area contributed by atoms with E-state index in [1.165, 1.54) is 25.7 Å². The van der Waals surface area contributed by atoms with Crippen molar-refractivity contribution in [3.63, 3.8) is 0 Å². The topological polar surface area (TPSA) is 35.2 Å². The molecule has 0 saturated heterocycles. The first kappa shape index (κ1) is 17.1. The van der Waals surface area contributed by atoms with E-state index < -0.39 is 8.15 Å². The van der Waals surface area contributed by atoms with Crippen molar-refractivity contribution in [1.82, 2.24) is 0 Å². The first-order valence-corrected chi connectivity index (χ1v) is 9.10. The number of rotatable bonds is 8. The van der Waals surface area contributed by atoms with Gasteiger partial charge in [-0.1, -0.05) is 47.1 Å². The average Bonchev–Trinajstić information content (AvgIpc) is 2.85. The summed E-state index contributed by atoms with van der Waals surface area (Å²) in [5.41, 5.74) is 6.41. The van der Waals surface area contributed by atoms with Gasteiger partial charge in [-0.3, -0.25) is 0 Å². The van der Waals surface area contributed by atoms with Gasteiger partial charge in [-0.25, -0.2) is 0 Å². The van der Waals surface area contributed by atoms with Gasteiger partial charge in [-0.05, 0) is 35.9 Å². The molecule has 0 amide bonds. The molecule has 1 unspecified atom stereocenters. The maximum absolute atomic E-state index is 6.35. The Labute approximate surface area is 121 Å². The van der Waals surface area contributed by atoms with Crippen LogP contribution in [0.15, 0.2) is 11.9 Å². The molecule has 1 saturated carbocycles. The Balaban J connectivity index is 2.66. The van der Waals surface area contributed by atoms with Crippen molar-refractivity contribution in [2.45, 2.75) is 59.0 Å². The summed E-state index contributed by atoms with van der Waals surface area (Å²) in [6.07, 6.45) is 5.43. The van der Waals surface area contributed by atoms with E-state index in [4.69, 9.17) is 10.3 Å². The van der Waals surface area contributed by atoms with Crippen LogP contribution in [0.5, 0.6) is 0 Å². The molecule has 0 aromatic rings. The normalized spacial score (nSPS) is 18.7. The molecule has 19 heavy (non-hydrogen) atoms. The van der Waals surface area contributed by atoms with Crippen LogP contribution in [-0.4, -0.2) is 18.8 Å². The van der Waals surface area contributed by atoms with Gasteiger partial charge in [0.2, 0.25) is 0 Å². The fourth-order valence-corrected chi connectivity index (χ4v) is 5.56. The SMILES string of the molecule is C=C(CN)P(OCC1CCCC1)C(C(C)C)C(C)C. The Morgan fingerprint density at radius 1 is 1.21 bits per heavy atom. The van der Waals surface area contributed by atoms with E-state index >= 15 is 0 Å². The molecular weight excluding hydrogens is 253 g/mol. The summed E-state index contributed by atoms with van der Waals surface area (Å²) in [5, 5.41) is 1.13. The van der Waals surface area contributed by atoms with E-state index in [1.54, 1.807) is 0 Å². The summed E-state index contributed by atoms with van der Waals surface area (Å²) in [7, 11) is -0.600. The zero-order valence-corrected chi connectivity index (χ0v) is 14.1. The summed E-state index contributed by atoms with van der Waals surface area (Å²) in [5.74, 6) is 2.02. The lowest BCUT2D eigenvalue weighted by Crippen LogP contribution is -2.24. The summed E-state index contributed by atoms with van der Waals surface area (Å²) in [6.45, 7) is 14.8. The Hall–Kier alpha value is 0.0900. The molecule has 2 nitrogen and oxygen atoms in total. The second-order valence-corrected chi connectivity index (χ2v) is 8.66. The van der Waals surface area contributed by atoms with Gasteiger partial charge in [-0.2, -0.15) is 0 Å². The first-order chi connectivity index (χ1) is 8.97. The molecule has 0 aliphatic heterocycles. The summed E-state index contributed by atoms with van der Waals surface area (Å²) < 4.78 is 6.35. The van der Waals surface area contributed by atoms with Crippen LogP contribution in [0.4, 0.5) is 0 Å². The predicted octanol–water partition coefficient (Wildman–Crippen LogP) is 4.74. The summed E-state index contributed by atoms with van der Waals surface area (Å²) in [6, 6.07) is 0. The van der Waals surface area contributed by atoms with Crippen LogP contribution in [-0.2, 0) is 4.52 Å². The Morgan fingerprint density at radius 2 is 1.74 bits per heavy atom. The van der Waals surface area contributed by atoms with Crippen LogP contribution in [0, 0.1) is 17.8 Å². The van der Waals surface area contributed by atoms with E-state index in [0.717, 1.165) is 17.8 Å². The predicted molar refractivity (Wildman–Crippen MR) is 86.5 cm³/mol. The number of hydrogen-bond donors (Lipinski definition) is 1. The largest absolute Gasteiger partial charge is 0.354 e. The lowest BCUT2D eigenvalue weighted by Gasteiger charge is -2.34. The van der Waals surface area contributed by atoms with Crippen LogP contribution >= 0.6 is 8.15 Å². The van der Waals surface area contributed by atoms with Crippen molar-refractivity contribution in [2.24, 2.45) is 23.5 Å². The summed E-state index contributed by atoms with van der Waals surface area (Å²) in [4.78, 5) is 0. The lowest BCUT2D eigenvalue weighted by molar-refractivity contribution is 0.267. The molecule has 1 atom stereocenters. The second kappa shape index (κ2) is 8.39. The van der Waals surface area contributed by atoms with Crippen molar-refractivity contribution < 1.29 is 4.52 Å². The molecule has 0 aromatic carbocycles. The Kier molecular flexibility index (Phi) is 7.57. The molecule has 1 aliphatic carbocycles. The molecule has 112 valence electrons. The maximum atomic E-state index is 6.35. The molecule has 1 aliphatic rings. The van der Waals surface area contributed by atoms with Gasteiger partial charge in [0, 0.05) is 12.2 Å². The third-order valence-electron chi connectivity index (χ3n) is 4.11. The molecule has 3 heteroatoms. The van der Waals surface area contributed by atoms with Crippen LogP contribution in [0.25, 0.3) is 0 Å². The highest BCUT2D eigenvalue weighted by Crippen LogP contribution is 2.55. The van der Waals surface area contributed by atoms with Crippen molar-refractivity contribution >= 4 is 8.15 Å².